The average Bonchev–Trinajstić information content (AvgIpc) is 2.19. The summed E-state index contributed by atoms with van der Waals surface area (Å²) in [6.07, 6.45) is 0.974. The van der Waals surface area contributed by atoms with Crippen LogP contribution in [0.2, 0.25) is 0 Å². The van der Waals surface area contributed by atoms with Crippen molar-refractivity contribution in [2.24, 2.45) is 5.92 Å². The van der Waals surface area contributed by atoms with Crippen LogP contribution in [-0.2, 0) is 4.79 Å². The van der Waals surface area contributed by atoms with Gasteiger partial charge in [-0.2, -0.15) is 0 Å². The Labute approximate surface area is 102 Å². The van der Waals surface area contributed by atoms with Gasteiger partial charge < -0.3 is 0 Å². The summed E-state index contributed by atoms with van der Waals surface area (Å²) in [6, 6.07) is 0.563. The zero-order valence-corrected chi connectivity index (χ0v) is 12.5. The molecule has 98 valence electrons. The van der Waals surface area contributed by atoms with E-state index < -0.39 is 0 Å². The van der Waals surface area contributed by atoms with Crippen molar-refractivity contribution in [1.82, 2.24) is 4.90 Å². The average molecular weight is 229 g/mol. The van der Waals surface area contributed by atoms with Crippen LogP contribution >= 0.6 is 0 Å². The highest BCUT2D eigenvalue weighted by molar-refractivity contribution is 5.81. The van der Waals surface area contributed by atoms with Gasteiger partial charge in [0.05, 0.1) is 6.04 Å². The first-order valence-electron chi connectivity index (χ1n) is 6.66. The molecule has 0 aliphatic carbocycles. The topological polar surface area (TPSA) is 20.3 Å². The number of likely N-dealkylation sites (N-methyl/N-ethyl adjacent to an activating group) is 1. The highest BCUT2D eigenvalue weighted by Gasteiger charge is 2.24. The minimum absolute atomic E-state index is 0.111. The lowest BCUT2D eigenvalue weighted by molar-refractivity contribution is -0.123. The normalized spacial score (nSPS) is 12.7. The zero-order chi connectivity index (χ0) is 13.3. The maximum Gasteiger partial charge on any atom is 0.146 e. The van der Waals surface area contributed by atoms with Gasteiger partial charge >= 0.3 is 0 Å². The van der Waals surface area contributed by atoms with Gasteiger partial charge in [0.15, 0.2) is 0 Å². The lowest BCUT2D eigenvalue weighted by Crippen LogP contribution is -2.45. The summed E-state index contributed by atoms with van der Waals surface area (Å²) in [7, 11) is 0. The zero-order valence-electron chi connectivity index (χ0n) is 12.5. The van der Waals surface area contributed by atoms with Crippen LogP contribution < -0.4 is 0 Å². The number of ketones is 1. The fourth-order valence-corrected chi connectivity index (χ4v) is 1.93. The van der Waals surface area contributed by atoms with Crippen molar-refractivity contribution in [2.75, 3.05) is 6.54 Å². The SMILES string of the molecule is CC.CCN(C(C)C)C(CC(C)C)C(C)=O. The third kappa shape index (κ3) is 7.00. The van der Waals surface area contributed by atoms with Crippen LogP contribution in [0.15, 0.2) is 0 Å². The lowest BCUT2D eigenvalue weighted by atomic mass is 9.98. The third-order valence-corrected chi connectivity index (χ3v) is 2.59. The van der Waals surface area contributed by atoms with Crippen molar-refractivity contribution in [3.8, 4) is 0 Å². The van der Waals surface area contributed by atoms with E-state index in [1.807, 2.05) is 13.8 Å². The Kier molecular flexibility index (Phi) is 11.1. The van der Waals surface area contributed by atoms with Crippen molar-refractivity contribution in [3.05, 3.63) is 0 Å². The fraction of sp³-hybridized carbons (Fsp3) is 0.929. The summed E-state index contributed by atoms with van der Waals surface area (Å²) in [6.45, 7) is 17.4. The molecular formula is C14H31NO. The van der Waals surface area contributed by atoms with E-state index in [9.17, 15) is 4.79 Å². The molecule has 16 heavy (non-hydrogen) atoms. The summed E-state index contributed by atoms with van der Waals surface area (Å²) in [5, 5.41) is 0. The van der Waals surface area contributed by atoms with Crippen LogP contribution in [0.4, 0.5) is 0 Å². The molecule has 0 aliphatic rings. The minimum atomic E-state index is 0.111. The van der Waals surface area contributed by atoms with Gasteiger partial charge in [0.25, 0.3) is 0 Å². The number of hydrogen-bond acceptors (Lipinski definition) is 2. The Morgan fingerprint density at radius 1 is 1.12 bits per heavy atom. The molecule has 0 heterocycles. The van der Waals surface area contributed by atoms with Crippen molar-refractivity contribution in [2.45, 2.75) is 73.9 Å². The van der Waals surface area contributed by atoms with E-state index in [0.717, 1.165) is 13.0 Å². The van der Waals surface area contributed by atoms with E-state index in [0.29, 0.717) is 17.7 Å². The van der Waals surface area contributed by atoms with Crippen LogP contribution in [0.25, 0.3) is 0 Å². The number of carbonyl (C=O) groups is 1. The number of rotatable bonds is 6. The number of carbonyl (C=O) groups excluding carboxylic acids is 1. The van der Waals surface area contributed by atoms with Gasteiger partial charge in [-0.1, -0.05) is 34.6 Å². The molecule has 0 saturated carbocycles. The van der Waals surface area contributed by atoms with E-state index in [1.54, 1.807) is 6.92 Å². The molecule has 0 amide bonds. The number of hydrogen-bond donors (Lipinski definition) is 0. The third-order valence-electron chi connectivity index (χ3n) is 2.59. The molecule has 1 unspecified atom stereocenters. The Balaban J connectivity index is 0. The smallest absolute Gasteiger partial charge is 0.146 e. The van der Waals surface area contributed by atoms with Gasteiger partial charge in [-0.15, -0.1) is 0 Å². The predicted octanol–water partition coefficient (Wildman–Crippen LogP) is 3.75. The molecule has 0 rings (SSSR count). The van der Waals surface area contributed by atoms with Crippen molar-refractivity contribution >= 4 is 5.78 Å². The Morgan fingerprint density at radius 3 is 1.75 bits per heavy atom. The predicted molar refractivity (Wildman–Crippen MR) is 72.8 cm³/mol. The summed E-state index contributed by atoms with van der Waals surface area (Å²) in [5.41, 5.74) is 0. The highest BCUT2D eigenvalue weighted by Crippen LogP contribution is 2.15. The summed E-state index contributed by atoms with van der Waals surface area (Å²) in [5.74, 6) is 0.881. The fourth-order valence-electron chi connectivity index (χ4n) is 1.93. The molecular weight excluding hydrogens is 198 g/mol. The maximum absolute atomic E-state index is 11.5. The largest absolute Gasteiger partial charge is 0.298 e. The van der Waals surface area contributed by atoms with Crippen molar-refractivity contribution < 1.29 is 4.79 Å². The molecule has 2 nitrogen and oxygen atoms in total. The highest BCUT2D eigenvalue weighted by atomic mass is 16.1. The number of Topliss-reactive ketones (excluding diaryl/α,β-unsaturated/α-hetero) is 1. The second-order valence-electron chi connectivity index (χ2n) is 4.68. The van der Waals surface area contributed by atoms with Crippen LogP contribution in [0.5, 0.6) is 0 Å². The van der Waals surface area contributed by atoms with Gasteiger partial charge in [0.2, 0.25) is 0 Å². The lowest BCUT2D eigenvalue weighted by Gasteiger charge is -2.33. The monoisotopic (exact) mass is 229 g/mol. The summed E-state index contributed by atoms with van der Waals surface area (Å²) < 4.78 is 0. The van der Waals surface area contributed by atoms with Crippen LogP contribution in [-0.4, -0.2) is 29.3 Å². The van der Waals surface area contributed by atoms with E-state index in [2.05, 4.69) is 39.5 Å². The Bertz CT molecular complexity index is 176. The maximum atomic E-state index is 11.5. The second-order valence-corrected chi connectivity index (χ2v) is 4.68. The molecule has 2 heteroatoms. The van der Waals surface area contributed by atoms with Crippen LogP contribution in [0.1, 0.15) is 61.8 Å². The molecule has 0 aliphatic heterocycles. The van der Waals surface area contributed by atoms with E-state index in [1.165, 1.54) is 0 Å². The quantitative estimate of drug-likeness (QED) is 0.691. The van der Waals surface area contributed by atoms with Crippen LogP contribution in [0, 0.1) is 5.92 Å². The molecule has 0 fully saturated rings. The Morgan fingerprint density at radius 2 is 1.56 bits per heavy atom. The molecule has 1 atom stereocenters. The van der Waals surface area contributed by atoms with Crippen LogP contribution in [0.3, 0.4) is 0 Å². The molecule has 0 saturated heterocycles. The van der Waals surface area contributed by atoms with Gasteiger partial charge in [0.1, 0.15) is 5.78 Å². The molecule has 0 spiro atoms. The van der Waals surface area contributed by atoms with Crippen molar-refractivity contribution in [3.63, 3.8) is 0 Å². The van der Waals surface area contributed by atoms with Gasteiger partial charge in [-0.05, 0) is 39.7 Å². The number of nitrogens with zero attached hydrogens (tertiary/aromatic N) is 1. The first kappa shape index (κ1) is 18.0. The molecule has 0 radical (unpaired) electrons. The molecule has 0 aromatic carbocycles. The summed E-state index contributed by atoms with van der Waals surface area (Å²) >= 11 is 0. The summed E-state index contributed by atoms with van der Waals surface area (Å²) in [4.78, 5) is 13.8. The van der Waals surface area contributed by atoms with Gasteiger partial charge in [-0.3, -0.25) is 9.69 Å². The molecule has 0 aromatic rings. The van der Waals surface area contributed by atoms with Gasteiger partial charge in [0, 0.05) is 6.04 Å². The minimum Gasteiger partial charge on any atom is -0.298 e. The van der Waals surface area contributed by atoms with Crippen molar-refractivity contribution in [1.29, 1.82) is 0 Å². The molecule has 0 bridgehead atoms. The molecule has 0 aromatic heterocycles. The Hall–Kier alpha value is -0.370. The van der Waals surface area contributed by atoms with E-state index in [-0.39, 0.29) is 6.04 Å². The first-order chi connectivity index (χ1) is 7.40. The second kappa shape index (κ2) is 9.83. The molecule has 0 N–H and O–H groups in total. The van der Waals surface area contributed by atoms with Gasteiger partial charge in [-0.25, -0.2) is 0 Å². The standard InChI is InChI=1S/C12H25NO.C2H6/c1-7-13(10(4)5)12(11(6)14)8-9(2)3;1-2/h9-10,12H,7-8H2,1-6H3;1-2H3. The first-order valence-corrected chi connectivity index (χ1v) is 6.66. The van der Waals surface area contributed by atoms with E-state index in [4.69, 9.17) is 0 Å². The van der Waals surface area contributed by atoms with E-state index >= 15 is 0 Å².